The van der Waals surface area contributed by atoms with Crippen LogP contribution in [0.2, 0.25) is 0 Å². The summed E-state index contributed by atoms with van der Waals surface area (Å²) >= 11 is 0. The number of guanidine groups is 1. The smallest absolute Gasteiger partial charge is 0.310 e. The Bertz CT molecular complexity index is 406. The molecule has 0 amide bonds. The van der Waals surface area contributed by atoms with Crippen LogP contribution in [0.1, 0.15) is 40.5 Å². The van der Waals surface area contributed by atoms with Crippen LogP contribution in [-0.4, -0.2) is 61.8 Å². The van der Waals surface area contributed by atoms with Crippen molar-refractivity contribution in [2.75, 3.05) is 39.9 Å². The Hall–Kier alpha value is -0.570. The molecule has 2 N–H and O–H groups in total. The van der Waals surface area contributed by atoms with Crippen molar-refractivity contribution in [1.82, 2.24) is 10.2 Å². The molecule has 1 fully saturated rings. The number of aliphatic hydroxyl groups excluding tert-OH is 1. The lowest BCUT2D eigenvalue weighted by Crippen LogP contribution is -2.41. The van der Waals surface area contributed by atoms with Crippen molar-refractivity contribution < 1.29 is 14.6 Å². The lowest BCUT2D eigenvalue weighted by molar-refractivity contribution is -0.145. The van der Waals surface area contributed by atoms with E-state index in [1.807, 2.05) is 6.92 Å². The van der Waals surface area contributed by atoms with E-state index in [1.165, 1.54) is 7.11 Å². The highest BCUT2D eigenvalue weighted by molar-refractivity contribution is 14.0. The van der Waals surface area contributed by atoms with Crippen LogP contribution < -0.4 is 5.32 Å². The van der Waals surface area contributed by atoms with Gasteiger partial charge in [-0.05, 0) is 25.7 Å². The van der Waals surface area contributed by atoms with Gasteiger partial charge in [0.2, 0.25) is 0 Å². The van der Waals surface area contributed by atoms with Crippen LogP contribution in [0.15, 0.2) is 4.99 Å². The highest BCUT2D eigenvalue weighted by Gasteiger charge is 2.37. The van der Waals surface area contributed by atoms with E-state index in [0.29, 0.717) is 13.1 Å². The van der Waals surface area contributed by atoms with Gasteiger partial charge in [-0.15, -0.1) is 24.0 Å². The van der Waals surface area contributed by atoms with Crippen LogP contribution in [0.5, 0.6) is 0 Å². The van der Waals surface area contributed by atoms with E-state index in [1.54, 1.807) is 0 Å². The number of aliphatic imine (C=N–C) groups is 1. The van der Waals surface area contributed by atoms with Crippen LogP contribution in [0.3, 0.4) is 0 Å². The first-order valence-corrected chi connectivity index (χ1v) is 8.68. The zero-order valence-electron chi connectivity index (χ0n) is 15.7. The van der Waals surface area contributed by atoms with Gasteiger partial charge in [-0.25, -0.2) is 0 Å². The Morgan fingerprint density at radius 2 is 1.96 bits per heavy atom. The molecule has 1 heterocycles. The van der Waals surface area contributed by atoms with Gasteiger partial charge in [0.05, 0.1) is 26.2 Å². The molecular weight excluding hydrogens is 421 g/mol. The molecule has 0 aromatic rings. The predicted molar refractivity (Wildman–Crippen MR) is 108 cm³/mol. The van der Waals surface area contributed by atoms with Gasteiger partial charge in [-0.3, -0.25) is 9.79 Å². The second kappa shape index (κ2) is 11.1. The monoisotopic (exact) mass is 455 g/mol. The van der Waals surface area contributed by atoms with Gasteiger partial charge in [0, 0.05) is 25.0 Å². The fourth-order valence-electron chi connectivity index (χ4n) is 3.01. The number of nitrogens with one attached hydrogen (secondary N) is 1. The largest absolute Gasteiger partial charge is 0.469 e. The van der Waals surface area contributed by atoms with Gasteiger partial charge in [0.15, 0.2) is 5.96 Å². The summed E-state index contributed by atoms with van der Waals surface area (Å²) < 4.78 is 4.90. The van der Waals surface area contributed by atoms with Crippen molar-refractivity contribution in [2.24, 2.45) is 22.2 Å². The molecule has 0 aliphatic carbocycles. The van der Waals surface area contributed by atoms with E-state index >= 15 is 0 Å². The lowest BCUT2D eigenvalue weighted by Gasteiger charge is -2.29. The number of rotatable bonds is 7. The molecule has 0 aromatic heterocycles. The second-order valence-electron chi connectivity index (χ2n) is 6.55. The first-order chi connectivity index (χ1) is 11.0. The summed E-state index contributed by atoms with van der Waals surface area (Å²) in [5.74, 6) is 0.809. The van der Waals surface area contributed by atoms with Gasteiger partial charge in [0.25, 0.3) is 0 Å². The van der Waals surface area contributed by atoms with Crippen molar-refractivity contribution in [1.29, 1.82) is 0 Å². The minimum absolute atomic E-state index is 0. The number of halogens is 1. The first-order valence-electron chi connectivity index (χ1n) is 8.68. The highest BCUT2D eigenvalue weighted by Crippen LogP contribution is 2.27. The normalized spacial score (nSPS) is 21.4. The van der Waals surface area contributed by atoms with Gasteiger partial charge in [-0.1, -0.05) is 20.8 Å². The number of esters is 1. The lowest BCUT2D eigenvalue weighted by atomic mass is 9.83. The average Bonchev–Trinajstić information content (AvgIpc) is 2.96. The third kappa shape index (κ3) is 5.75. The van der Waals surface area contributed by atoms with Crippen LogP contribution >= 0.6 is 24.0 Å². The minimum Gasteiger partial charge on any atom is -0.469 e. The zero-order valence-corrected chi connectivity index (χ0v) is 18.0. The van der Waals surface area contributed by atoms with Crippen LogP contribution in [-0.2, 0) is 9.53 Å². The van der Waals surface area contributed by atoms with Crippen LogP contribution in [0.25, 0.3) is 0 Å². The molecule has 142 valence electrons. The van der Waals surface area contributed by atoms with E-state index in [4.69, 9.17) is 9.73 Å². The van der Waals surface area contributed by atoms with Crippen molar-refractivity contribution in [2.45, 2.75) is 40.5 Å². The standard InChI is InChI=1S/C17H33N3O3.HI/c1-6-17(7-2,12-21)11-19-16(18-8-3)20-9-13(4)14(10-20)15(22)23-5;/h13-14,21H,6-12H2,1-5H3,(H,18,19);1H. The SMILES string of the molecule is CCNC(=NCC(CC)(CC)CO)N1CC(C)C(C(=O)OC)C1.I. The Morgan fingerprint density at radius 1 is 1.33 bits per heavy atom. The summed E-state index contributed by atoms with van der Waals surface area (Å²) in [6, 6.07) is 0. The molecular formula is C17H34IN3O3. The molecule has 6 nitrogen and oxygen atoms in total. The van der Waals surface area contributed by atoms with Crippen LogP contribution in [0, 0.1) is 17.3 Å². The van der Waals surface area contributed by atoms with E-state index in [2.05, 4.69) is 31.0 Å². The third-order valence-electron chi connectivity index (χ3n) is 5.15. The quantitative estimate of drug-likeness (QED) is 0.266. The fourth-order valence-corrected chi connectivity index (χ4v) is 3.01. The molecule has 0 bridgehead atoms. The van der Waals surface area contributed by atoms with E-state index in [0.717, 1.165) is 31.9 Å². The van der Waals surface area contributed by atoms with E-state index < -0.39 is 0 Å². The summed E-state index contributed by atoms with van der Waals surface area (Å²) in [7, 11) is 1.44. The Morgan fingerprint density at radius 3 is 2.42 bits per heavy atom. The number of hydrogen-bond acceptors (Lipinski definition) is 4. The summed E-state index contributed by atoms with van der Waals surface area (Å²) in [5, 5.41) is 13.0. The number of aliphatic hydroxyl groups is 1. The zero-order chi connectivity index (χ0) is 17.5. The van der Waals surface area contributed by atoms with Crippen molar-refractivity contribution >= 4 is 35.9 Å². The first kappa shape index (κ1) is 23.4. The Kier molecular flexibility index (Phi) is 10.9. The highest BCUT2D eigenvalue weighted by atomic mass is 127. The molecule has 1 saturated heterocycles. The van der Waals surface area contributed by atoms with Crippen molar-refractivity contribution in [3.63, 3.8) is 0 Å². The van der Waals surface area contributed by atoms with Crippen molar-refractivity contribution in [3.05, 3.63) is 0 Å². The Balaban J connectivity index is 0.00000529. The summed E-state index contributed by atoms with van der Waals surface area (Å²) in [6.45, 7) is 11.2. The molecule has 1 rings (SSSR count). The van der Waals surface area contributed by atoms with E-state index in [-0.39, 0.29) is 53.8 Å². The molecule has 2 atom stereocenters. The number of carbonyl (C=O) groups is 1. The molecule has 2 unspecified atom stereocenters. The molecule has 7 heteroatoms. The van der Waals surface area contributed by atoms with Crippen LogP contribution in [0.4, 0.5) is 0 Å². The molecule has 24 heavy (non-hydrogen) atoms. The van der Waals surface area contributed by atoms with E-state index in [9.17, 15) is 9.90 Å². The maximum atomic E-state index is 11.9. The number of hydrogen-bond donors (Lipinski definition) is 2. The molecule has 1 aliphatic heterocycles. The summed E-state index contributed by atoms with van der Waals surface area (Å²) in [4.78, 5) is 18.7. The van der Waals surface area contributed by atoms with Gasteiger partial charge >= 0.3 is 5.97 Å². The number of likely N-dealkylation sites (tertiary alicyclic amines) is 1. The van der Waals surface area contributed by atoms with Gasteiger partial charge in [0.1, 0.15) is 0 Å². The number of nitrogens with zero attached hydrogens (tertiary/aromatic N) is 2. The summed E-state index contributed by atoms with van der Waals surface area (Å²) in [5.41, 5.74) is -0.159. The predicted octanol–water partition coefficient (Wildman–Crippen LogP) is 2.11. The maximum Gasteiger partial charge on any atom is 0.310 e. The summed E-state index contributed by atoms with van der Waals surface area (Å²) in [6.07, 6.45) is 1.79. The number of methoxy groups -OCH3 is 1. The topological polar surface area (TPSA) is 74.2 Å². The van der Waals surface area contributed by atoms with Gasteiger partial charge in [-0.2, -0.15) is 0 Å². The number of ether oxygens (including phenoxy) is 1. The maximum absolute atomic E-state index is 11.9. The molecule has 0 radical (unpaired) electrons. The van der Waals surface area contributed by atoms with Crippen molar-refractivity contribution in [3.8, 4) is 0 Å². The average molecular weight is 455 g/mol. The van der Waals surface area contributed by atoms with Gasteiger partial charge < -0.3 is 20.1 Å². The molecule has 0 aromatic carbocycles. The third-order valence-corrected chi connectivity index (χ3v) is 5.15. The molecule has 0 spiro atoms. The second-order valence-corrected chi connectivity index (χ2v) is 6.55. The fraction of sp³-hybridized carbons (Fsp3) is 0.882. The number of carbonyl (C=O) groups excluding carboxylic acids is 1. The molecule has 0 saturated carbocycles. The minimum atomic E-state index is -0.159. The molecule has 1 aliphatic rings. The Labute approximate surface area is 163 Å².